The number of benzene rings is 1. The van der Waals surface area contributed by atoms with E-state index in [2.05, 4.69) is 45.9 Å². The summed E-state index contributed by atoms with van der Waals surface area (Å²) in [5.74, 6) is 0.444. The fraction of sp³-hybridized carbons (Fsp3) is 0.500. The first-order chi connectivity index (χ1) is 6.02. The van der Waals surface area contributed by atoms with Gasteiger partial charge in [0.25, 0.3) is 0 Å². The highest BCUT2D eigenvalue weighted by molar-refractivity contribution is 5.32. The molecule has 0 spiro atoms. The molecule has 0 fully saturated rings. The van der Waals surface area contributed by atoms with Gasteiger partial charge in [0.1, 0.15) is 0 Å². The van der Waals surface area contributed by atoms with E-state index in [1.54, 1.807) is 0 Å². The molecule has 0 aliphatic rings. The van der Waals surface area contributed by atoms with Crippen LogP contribution in [-0.2, 0) is 0 Å². The Morgan fingerprint density at radius 1 is 1.08 bits per heavy atom. The average Bonchev–Trinajstić information content (AvgIpc) is 2.08. The maximum Gasteiger partial charge on any atom is 0.00766 e. The van der Waals surface area contributed by atoms with Gasteiger partial charge >= 0.3 is 0 Å². The van der Waals surface area contributed by atoms with Crippen LogP contribution in [0.5, 0.6) is 0 Å². The Balaban J connectivity index is 2.97. The molecule has 1 aromatic rings. The van der Waals surface area contributed by atoms with Crippen LogP contribution in [0.15, 0.2) is 18.2 Å². The summed E-state index contributed by atoms with van der Waals surface area (Å²) in [6.45, 7) is 8.51. The van der Waals surface area contributed by atoms with E-state index < -0.39 is 0 Å². The molecular weight excluding hydrogens is 158 g/mol. The second-order valence-corrected chi connectivity index (χ2v) is 3.99. The van der Waals surface area contributed by atoms with Crippen LogP contribution >= 0.6 is 0 Å². The maximum atomic E-state index is 5.86. The van der Waals surface area contributed by atoms with Crippen molar-refractivity contribution in [2.45, 2.75) is 39.7 Å². The zero-order valence-corrected chi connectivity index (χ0v) is 8.96. The highest BCUT2D eigenvalue weighted by atomic mass is 14.6. The molecule has 0 aliphatic carbocycles. The van der Waals surface area contributed by atoms with Crippen LogP contribution in [0.2, 0.25) is 0 Å². The lowest BCUT2D eigenvalue weighted by atomic mass is 9.92. The molecular formula is C12H19N. The van der Waals surface area contributed by atoms with E-state index in [0.717, 1.165) is 0 Å². The van der Waals surface area contributed by atoms with Crippen molar-refractivity contribution in [2.75, 3.05) is 0 Å². The average molecular weight is 177 g/mol. The molecule has 0 bridgehead atoms. The van der Waals surface area contributed by atoms with Crippen molar-refractivity contribution >= 4 is 0 Å². The second-order valence-electron chi connectivity index (χ2n) is 3.99. The van der Waals surface area contributed by atoms with E-state index in [1.807, 2.05) is 0 Å². The van der Waals surface area contributed by atoms with E-state index >= 15 is 0 Å². The van der Waals surface area contributed by atoms with Gasteiger partial charge in [-0.15, -0.1) is 0 Å². The lowest BCUT2D eigenvalue weighted by molar-refractivity contribution is 0.612. The van der Waals surface area contributed by atoms with E-state index in [9.17, 15) is 0 Å². The molecule has 2 N–H and O–H groups in total. The molecule has 72 valence electrons. The molecule has 0 aromatic heterocycles. The summed E-state index contributed by atoms with van der Waals surface area (Å²) in [5.41, 5.74) is 9.90. The zero-order chi connectivity index (χ0) is 10.0. The van der Waals surface area contributed by atoms with Crippen LogP contribution in [0.4, 0.5) is 0 Å². The van der Waals surface area contributed by atoms with Crippen molar-refractivity contribution in [3.8, 4) is 0 Å². The molecule has 0 aliphatic heterocycles. The minimum Gasteiger partial charge on any atom is -0.327 e. The van der Waals surface area contributed by atoms with Gasteiger partial charge in [0.15, 0.2) is 0 Å². The molecule has 0 heterocycles. The smallest absolute Gasteiger partial charge is 0.00766 e. The lowest BCUT2D eigenvalue weighted by Crippen LogP contribution is -2.22. The van der Waals surface area contributed by atoms with Crippen molar-refractivity contribution in [3.63, 3.8) is 0 Å². The standard InChI is InChI=1S/C12H19N/c1-8-5-6-12(7-9(8)2)10(3)11(4)13/h5-7,10-11H,13H2,1-4H3. The number of hydrogen-bond donors (Lipinski definition) is 1. The molecule has 0 radical (unpaired) electrons. The molecule has 13 heavy (non-hydrogen) atoms. The van der Waals surface area contributed by atoms with Crippen LogP contribution in [0.3, 0.4) is 0 Å². The van der Waals surface area contributed by atoms with E-state index in [0.29, 0.717) is 5.92 Å². The first-order valence-electron chi connectivity index (χ1n) is 4.85. The van der Waals surface area contributed by atoms with Crippen LogP contribution in [0.1, 0.15) is 36.5 Å². The molecule has 1 rings (SSSR count). The first kappa shape index (κ1) is 10.3. The maximum absolute atomic E-state index is 5.86. The third-order valence-corrected chi connectivity index (χ3v) is 2.85. The van der Waals surface area contributed by atoms with Crippen molar-refractivity contribution in [1.29, 1.82) is 0 Å². The summed E-state index contributed by atoms with van der Waals surface area (Å²) in [6, 6.07) is 6.81. The Hall–Kier alpha value is -0.820. The Morgan fingerprint density at radius 2 is 1.69 bits per heavy atom. The van der Waals surface area contributed by atoms with Crippen molar-refractivity contribution in [2.24, 2.45) is 5.73 Å². The van der Waals surface area contributed by atoms with Crippen LogP contribution in [0.25, 0.3) is 0 Å². The molecule has 1 aromatic carbocycles. The van der Waals surface area contributed by atoms with Gasteiger partial charge in [-0.1, -0.05) is 25.1 Å². The SMILES string of the molecule is Cc1ccc(C(C)C(C)N)cc1C. The second kappa shape index (κ2) is 3.93. The summed E-state index contributed by atoms with van der Waals surface area (Å²) >= 11 is 0. The van der Waals surface area contributed by atoms with Gasteiger partial charge in [0.2, 0.25) is 0 Å². The number of aryl methyl sites for hydroxylation is 2. The van der Waals surface area contributed by atoms with E-state index in [4.69, 9.17) is 5.73 Å². The van der Waals surface area contributed by atoms with Gasteiger partial charge in [0, 0.05) is 6.04 Å². The molecule has 2 atom stereocenters. The Labute approximate surface area is 81.0 Å². The summed E-state index contributed by atoms with van der Waals surface area (Å²) in [5, 5.41) is 0. The summed E-state index contributed by atoms with van der Waals surface area (Å²) < 4.78 is 0. The van der Waals surface area contributed by atoms with Gasteiger partial charge in [-0.2, -0.15) is 0 Å². The fourth-order valence-corrected chi connectivity index (χ4v) is 1.35. The van der Waals surface area contributed by atoms with Gasteiger partial charge in [-0.3, -0.25) is 0 Å². The van der Waals surface area contributed by atoms with Crippen LogP contribution in [-0.4, -0.2) is 6.04 Å². The third kappa shape index (κ3) is 2.31. The van der Waals surface area contributed by atoms with Crippen LogP contribution < -0.4 is 5.73 Å². The van der Waals surface area contributed by atoms with Crippen molar-refractivity contribution < 1.29 is 0 Å². The number of hydrogen-bond acceptors (Lipinski definition) is 1. The fourth-order valence-electron chi connectivity index (χ4n) is 1.35. The van der Waals surface area contributed by atoms with Gasteiger partial charge in [0.05, 0.1) is 0 Å². The highest BCUT2D eigenvalue weighted by Gasteiger charge is 2.10. The number of rotatable bonds is 2. The monoisotopic (exact) mass is 177 g/mol. The predicted molar refractivity (Wildman–Crippen MR) is 58.0 cm³/mol. The molecule has 1 heteroatoms. The Morgan fingerprint density at radius 3 is 2.15 bits per heavy atom. The third-order valence-electron chi connectivity index (χ3n) is 2.85. The normalized spacial score (nSPS) is 15.5. The molecule has 1 nitrogen and oxygen atoms in total. The summed E-state index contributed by atoms with van der Waals surface area (Å²) in [4.78, 5) is 0. The molecule has 0 amide bonds. The van der Waals surface area contributed by atoms with Gasteiger partial charge in [-0.25, -0.2) is 0 Å². The molecule has 2 unspecified atom stereocenters. The lowest BCUT2D eigenvalue weighted by Gasteiger charge is -2.17. The Bertz CT molecular complexity index is 289. The zero-order valence-electron chi connectivity index (χ0n) is 8.96. The minimum atomic E-state index is 0.224. The first-order valence-corrected chi connectivity index (χ1v) is 4.85. The minimum absolute atomic E-state index is 0.224. The summed E-state index contributed by atoms with van der Waals surface area (Å²) in [6.07, 6.45) is 0. The topological polar surface area (TPSA) is 26.0 Å². The predicted octanol–water partition coefficient (Wildman–Crippen LogP) is 2.75. The Kier molecular flexibility index (Phi) is 3.10. The number of nitrogens with two attached hydrogens (primary N) is 1. The van der Waals surface area contributed by atoms with Crippen LogP contribution in [0, 0.1) is 13.8 Å². The largest absolute Gasteiger partial charge is 0.327 e. The molecule has 0 saturated carbocycles. The van der Waals surface area contributed by atoms with Gasteiger partial charge in [-0.05, 0) is 43.4 Å². The summed E-state index contributed by atoms with van der Waals surface area (Å²) in [7, 11) is 0. The van der Waals surface area contributed by atoms with E-state index in [-0.39, 0.29) is 6.04 Å². The highest BCUT2D eigenvalue weighted by Crippen LogP contribution is 2.20. The molecule has 0 saturated heterocycles. The van der Waals surface area contributed by atoms with Crippen molar-refractivity contribution in [3.05, 3.63) is 34.9 Å². The van der Waals surface area contributed by atoms with Gasteiger partial charge < -0.3 is 5.73 Å². The quantitative estimate of drug-likeness (QED) is 0.738. The van der Waals surface area contributed by atoms with Crippen molar-refractivity contribution in [1.82, 2.24) is 0 Å². The van der Waals surface area contributed by atoms with E-state index in [1.165, 1.54) is 16.7 Å².